The molecule has 0 amide bonds. The summed E-state index contributed by atoms with van der Waals surface area (Å²) in [5.74, 6) is 1.48. The van der Waals surface area contributed by atoms with Crippen molar-refractivity contribution in [2.24, 2.45) is 0 Å². The molecule has 21 heavy (non-hydrogen) atoms. The van der Waals surface area contributed by atoms with Gasteiger partial charge in [0.15, 0.2) is 5.82 Å². The molecule has 5 heteroatoms. The maximum atomic E-state index is 5.32. The first-order chi connectivity index (χ1) is 10.2. The minimum absolute atomic E-state index is 0.478. The van der Waals surface area contributed by atoms with Crippen LogP contribution in [0.4, 0.5) is 0 Å². The van der Waals surface area contributed by atoms with Gasteiger partial charge in [-0.2, -0.15) is 4.98 Å². The molecule has 114 valence electrons. The summed E-state index contributed by atoms with van der Waals surface area (Å²) in [5.41, 5.74) is 1.18. The number of hydrogen-bond donors (Lipinski definition) is 1. The van der Waals surface area contributed by atoms with Gasteiger partial charge < -0.3 is 9.84 Å². The molecule has 1 aromatic heterocycles. The van der Waals surface area contributed by atoms with Crippen LogP contribution in [0.15, 0.2) is 33.3 Å². The minimum atomic E-state index is 0.478. The van der Waals surface area contributed by atoms with Crippen molar-refractivity contribution in [1.29, 1.82) is 0 Å². The summed E-state index contributed by atoms with van der Waals surface area (Å²) in [6.45, 7) is 5.42. The molecule has 0 aliphatic heterocycles. The molecule has 1 unspecified atom stereocenters. The van der Waals surface area contributed by atoms with Gasteiger partial charge in [-0.25, -0.2) is 0 Å². The van der Waals surface area contributed by atoms with Crippen molar-refractivity contribution < 1.29 is 4.52 Å². The SMILES string of the molecule is CCCNC(C)CCc1nc(Cc2ccc(Br)cc2)no1. The van der Waals surface area contributed by atoms with Crippen LogP contribution in [-0.2, 0) is 12.8 Å². The van der Waals surface area contributed by atoms with E-state index < -0.39 is 0 Å². The Morgan fingerprint density at radius 2 is 2.05 bits per heavy atom. The first-order valence-corrected chi connectivity index (χ1v) is 8.26. The van der Waals surface area contributed by atoms with Crippen LogP contribution in [0.25, 0.3) is 0 Å². The van der Waals surface area contributed by atoms with E-state index in [2.05, 4.69) is 57.4 Å². The quantitative estimate of drug-likeness (QED) is 0.786. The summed E-state index contributed by atoms with van der Waals surface area (Å²) < 4.78 is 6.39. The first-order valence-electron chi connectivity index (χ1n) is 7.46. The van der Waals surface area contributed by atoms with Crippen molar-refractivity contribution in [3.63, 3.8) is 0 Å². The maximum absolute atomic E-state index is 5.32. The first kappa shape index (κ1) is 16.2. The summed E-state index contributed by atoms with van der Waals surface area (Å²) in [6, 6.07) is 8.66. The van der Waals surface area contributed by atoms with Gasteiger partial charge >= 0.3 is 0 Å². The van der Waals surface area contributed by atoms with Crippen LogP contribution in [-0.4, -0.2) is 22.7 Å². The van der Waals surface area contributed by atoms with Gasteiger partial charge in [0, 0.05) is 23.4 Å². The second-order valence-electron chi connectivity index (χ2n) is 5.30. The molecular formula is C16H22BrN3O. The predicted octanol–water partition coefficient (Wildman–Crippen LogP) is 3.74. The van der Waals surface area contributed by atoms with E-state index in [-0.39, 0.29) is 0 Å². The summed E-state index contributed by atoms with van der Waals surface area (Å²) in [4.78, 5) is 4.46. The molecule has 0 spiro atoms. The number of nitrogens with one attached hydrogen (secondary N) is 1. The molecule has 0 fully saturated rings. The smallest absolute Gasteiger partial charge is 0.226 e. The second-order valence-corrected chi connectivity index (χ2v) is 6.22. The second kappa shape index (κ2) is 8.29. The third-order valence-corrected chi connectivity index (χ3v) is 3.85. The van der Waals surface area contributed by atoms with Crippen molar-refractivity contribution in [2.45, 2.75) is 45.6 Å². The number of aromatic nitrogens is 2. The van der Waals surface area contributed by atoms with E-state index in [9.17, 15) is 0 Å². The average Bonchev–Trinajstić information content (AvgIpc) is 2.93. The summed E-state index contributed by atoms with van der Waals surface area (Å²) in [5, 5.41) is 7.52. The largest absolute Gasteiger partial charge is 0.339 e. The Kier molecular flexibility index (Phi) is 6.39. The van der Waals surface area contributed by atoms with E-state index in [4.69, 9.17) is 4.52 Å². The maximum Gasteiger partial charge on any atom is 0.226 e. The number of benzene rings is 1. The van der Waals surface area contributed by atoms with Crippen molar-refractivity contribution in [1.82, 2.24) is 15.5 Å². The summed E-state index contributed by atoms with van der Waals surface area (Å²) in [7, 11) is 0. The van der Waals surface area contributed by atoms with Crippen LogP contribution in [0.5, 0.6) is 0 Å². The van der Waals surface area contributed by atoms with Crippen molar-refractivity contribution in [2.75, 3.05) is 6.54 Å². The van der Waals surface area contributed by atoms with E-state index >= 15 is 0 Å². The third-order valence-electron chi connectivity index (χ3n) is 3.32. The zero-order valence-electron chi connectivity index (χ0n) is 12.6. The lowest BCUT2D eigenvalue weighted by atomic mass is 10.1. The van der Waals surface area contributed by atoms with E-state index in [0.717, 1.165) is 42.0 Å². The van der Waals surface area contributed by atoms with Crippen LogP contribution in [0.1, 0.15) is 44.0 Å². The molecule has 0 aliphatic rings. The van der Waals surface area contributed by atoms with Crippen molar-refractivity contribution in [3.05, 3.63) is 46.0 Å². The topological polar surface area (TPSA) is 51.0 Å². The van der Waals surface area contributed by atoms with E-state index in [1.165, 1.54) is 5.56 Å². The van der Waals surface area contributed by atoms with Gasteiger partial charge in [-0.15, -0.1) is 0 Å². The monoisotopic (exact) mass is 351 g/mol. The molecule has 0 aliphatic carbocycles. The van der Waals surface area contributed by atoms with Gasteiger partial charge in [-0.3, -0.25) is 0 Å². The molecule has 0 saturated heterocycles. The van der Waals surface area contributed by atoms with Crippen molar-refractivity contribution >= 4 is 15.9 Å². The van der Waals surface area contributed by atoms with Crippen LogP contribution >= 0.6 is 15.9 Å². The molecule has 2 aromatic rings. The molecule has 0 bridgehead atoms. The normalized spacial score (nSPS) is 12.5. The van der Waals surface area contributed by atoms with E-state index in [0.29, 0.717) is 12.5 Å². The fraction of sp³-hybridized carbons (Fsp3) is 0.500. The summed E-state index contributed by atoms with van der Waals surface area (Å²) in [6.07, 6.45) is 3.70. The molecule has 1 heterocycles. The van der Waals surface area contributed by atoms with E-state index in [1.807, 2.05) is 12.1 Å². The molecule has 2 rings (SSSR count). The minimum Gasteiger partial charge on any atom is -0.339 e. The Morgan fingerprint density at radius 1 is 1.29 bits per heavy atom. The standard InChI is InChI=1S/C16H22BrN3O/c1-3-10-18-12(2)4-9-16-19-15(20-21-16)11-13-5-7-14(17)8-6-13/h5-8,12,18H,3-4,9-11H2,1-2H3. The summed E-state index contributed by atoms with van der Waals surface area (Å²) >= 11 is 3.43. The van der Waals surface area contributed by atoms with Crippen LogP contribution < -0.4 is 5.32 Å². The third kappa shape index (κ3) is 5.59. The lowest BCUT2D eigenvalue weighted by Crippen LogP contribution is -2.27. The van der Waals surface area contributed by atoms with Crippen LogP contribution in [0.2, 0.25) is 0 Å². The van der Waals surface area contributed by atoms with Gasteiger partial charge in [-0.05, 0) is 44.0 Å². The zero-order chi connectivity index (χ0) is 15.1. The van der Waals surface area contributed by atoms with Gasteiger partial charge in [0.2, 0.25) is 5.89 Å². The molecule has 0 radical (unpaired) electrons. The number of aryl methyl sites for hydroxylation is 1. The van der Waals surface area contributed by atoms with Gasteiger partial charge in [0.1, 0.15) is 0 Å². The highest BCUT2D eigenvalue weighted by Crippen LogP contribution is 2.13. The molecule has 1 N–H and O–H groups in total. The highest BCUT2D eigenvalue weighted by atomic mass is 79.9. The Balaban J connectivity index is 1.82. The predicted molar refractivity (Wildman–Crippen MR) is 87.3 cm³/mol. The Morgan fingerprint density at radius 3 is 2.76 bits per heavy atom. The van der Waals surface area contributed by atoms with Crippen molar-refractivity contribution in [3.8, 4) is 0 Å². The molecule has 1 atom stereocenters. The highest BCUT2D eigenvalue weighted by Gasteiger charge is 2.09. The fourth-order valence-electron chi connectivity index (χ4n) is 2.08. The Bertz CT molecular complexity index is 539. The number of nitrogens with zero attached hydrogens (tertiary/aromatic N) is 2. The number of hydrogen-bond acceptors (Lipinski definition) is 4. The lowest BCUT2D eigenvalue weighted by Gasteiger charge is -2.10. The fourth-order valence-corrected chi connectivity index (χ4v) is 2.35. The van der Waals surface area contributed by atoms with Gasteiger partial charge in [0.25, 0.3) is 0 Å². The highest BCUT2D eigenvalue weighted by molar-refractivity contribution is 9.10. The van der Waals surface area contributed by atoms with E-state index in [1.54, 1.807) is 0 Å². The number of halogens is 1. The molecule has 4 nitrogen and oxygen atoms in total. The van der Waals surface area contributed by atoms with Crippen LogP contribution in [0.3, 0.4) is 0 Å². The molecule has 0 saturated carbocycles. The Hall–Kier alpha value is -1.20. The number of rotatable bonds is 8. The average molecular weight is 352 g/mol. The Labute approximate surface area is 134 Å². The zero-order valence-corrected chi connectivity index (χ0v) is 14.2. The lowest BCUT2D eigenvalue weighted by molar-refractivity contribution is 0.363. The van der Waals surface area contributed by atoms with Crippen LogP contribution in [0, 0.1) is 0 Å². The van der Waals surface area contributed by atoms with Gasteiger partial charge in [-0.1, -0.05) is 40.1 Å². The molecule has 1 aromatic carbocycles. The molecular weight excluding hydrogens is 330 g/mol. The van der Waals surface area contributed by atoms with Gasteiger partial charge in [0.05, 0.1) is 0 Å².